The summed E-state index contributed by atoms with van der Waals surface area (Å²) < 4.78 is 5.43. The zero-order valence-electron chi connectivity index (χ0n) is 12.7. The first-order chi connectivity index (χ1) is 10.7. The Labute approximate surface area is 129 Å². The minimum Gasteiger partial charge on any atom is -0.467 e. The van der Waals surface area contributed by atoms with Gasteiger partial charge in [0.05, 0.1) is 6.20 Å². The van der Waals surface area contributed by atoms with Crippen molar-refractivity contribution in [3.05, 3.63) is 30.4 Å². The Kier molecular flexibility index (Phi) is 5.76. The van der Waals surface area contributed by atoms with Crippen molar-refractivity contribution in [2.24, 2.45) is 0 Å². The highest BCUT2D eigenvalue weighted by Gasteiger charge is 2.09. The van der Waals surface area contributed by atoms with Gasteiger partial charge in [0.15, 0.2) is 12.4 Å². The molecule has 0 saturated carbocycles. The summed E-state index contributed by atoms with van der Waals surface area (Å²) in [6.07, 6.45) is 6.72. The number of unbranched alkanes of at least 4 members (excludes halogenated alkanes) is 1. The quantitative estimate of drug-likeness (QED) is 0.780. The highest BCUT2D eigenvalue weighted by molar-refractivity contribution is 5.77. The molecule has 1 N–H and O–H groups in total. The Morgan fingerprint density at radius 2 is 2.18 bits per heavy atom. The molecule has 0 saturated heterocycles. The van der Waals surface area contributed by atoms with E-state index in [2.05, 4.69) is 32.2 Å². The van der Waals surface area contributed by atoms with Gasteiger partial charge >= 0.3 is 0 Å². The number of carbonyl (C=O) groups is 1. The molecule has 116 valence electrons. The molecule has 7 heteroatoms. The third-order valence-corrected chi connectivity index (χ3v) is 2.83. The topological polar surface area (TPSA) is 89.9 Å². The second kappa shape index (κ2) is 8.02. The minimum absolute atomic E-state index is 0.0694. The lowest BCUT2D eigenvalue weighted by Crippen LogP contribution is -2.29. The standard InChI is InChI=1S/C15H19N5O2/c1-3-4-5-18-13(21)10-22-14-8-11(2)19-15(20-14)12-9-16-6-7-17-12/h6-9H,3-5,10H2,1-2H3,(H,18,21). The van der Waals surface area contributed by atoms with E-state index in [-0.39, 0.29) is 12.5 Å². The summed E-state index contributed by atoms with van der Waals surface area (Å²) in [4.78, 5) is 28.3. The molecule has 0 aliphatic heterocycles. The average molecular weight is 301 g/mol. The smallest absolute Gasteiger partial charge is 0.258 e. The molecule has 2 heterocycles. The molecule has 1 amide bonds. The molecule has 2 rings (SSSR count). The average Bonchev–Trinajstić information content (AvgIpc) is 2.53. The molecule has 7 nitrogen and oxygen atoms in total. The zero-order valence-corrected chi connectivity index (χ0v) is 12.7. The fourth-order valence-corrected chi connectivity index (χ4v) is 1.74. The van der Waals surface area contributed by atoms with Gasteiger partial charge in [0.2, 0.25) is 5.88 Å². The molecule has 2 aromatic rings. The highest BCUT2D eigenvalue weighted by atomic mass is 16.5. The normalized spacial score (nSPS) is 10.3. The second-order valence-corrected chi connectivity index (χ2v) is 4.75. The Morgan fingerprint density at radius 3 is 2.91 bits per heavy atom. The summed E-state index contributed by atoms with van der Waals surface area (Å²) in [6, 6.07) is 1.68. The Hall–Kier alpha value is -2.57. The largest absolute Gasteiger partial charge is 0.467 e. The number of hydrogen-bond donors (Lipinski definition) is 1. The van der Waals surface area contributed by atoms with Gasteiger partial charge in [-0.25, -0.2) is 9.97 Å². The molecule has 0 radical (unpaired) electrons. The molecule has 22 heavy (non-hydrogen) atoms. The van der Waals surface area contributed by atoms with Gasteiger partial charge in [-0.05, 0) is 13.3 Å². The molecule has 0 aromatic carbocycles. The van der Waals surface area contributed by atoms with E-state index in [1.807, 2.05) is 6.92 Å². The lowest BCUT2D eigenvalue weighted by Gasteiger charge is -2.08. The molecule has 0 atom stereocenters. The van der Waals surface area contributed by atoms with E-state index in [1.54, 1.807) is 24.7 Å². The van der Waals surface area contributed by atoms with Crippen LogP contribution in [0.3, 0.4) is 0 Å². The van der Waals surface area contributed by atoms with Crippen LogP contribution in [0.1, 0.15) is 25.5 Å². The van der Waals surface area contributed by atoms with Gasteiger partial charge in [0, 0.05) is 30.7 Å². The number of nitrogens with zero attached hydrogens (tertiary/aromatic N) is 4. The van der Waals surface area contributed by atoms with E-state index in [0.717, 1.165) is 18.5 Å². The number of carbonyl (C=O) groups excluding carboxylic acids is 1. The molecule has 0 aliphatic carbocycles. The van der Waals surface area contributed by atoms with Gasteiger partial charge in [-0.3, -0.25) is 9.78 Å². The van der Waals surface area contributed by atoms with Crippen molar-refractivity contribution >= 4 is 5.91 Å². The molecular formula is C15H19N5O2. The van der Waals surface area contributed by atoms with E-state index in [1.165, 1.54) is 0 Å². The lowest BCUT2D eigenvalue weighted by molar-refractivity contribution is -0.123. The van der Waals surface area contributed by atoms with Gasteiger partial charge in [-0.2, -0.15) is 4.98 Å². The van der Waals surface area contributed by atoms with Crippen LogP contribution in [-0.4, -0.2) is 39.0 Å². The third kappa shape index (κ3) is 4.76. The van der Waals surface area contributed by atoms with Crippen LogP contribution in [0.15, 0.2) is 24.7 Å². The molecule has 2 aromatic heterocycles. The summed E-state index contributed by atoms with van der Waals surface area (Å²) >= 11 is 0. The van der Waals surface area contributed by atoms with Crippen LogP contribution in [0.2, 0.25) is 0 Å². The maximum atomic E-state index is 11.6. The van der Waals surface area contributed by atoms with Crippen LogP contribution in [0.4, 0.5) is 0 Å². The predicted molar refractivity (Wildman–Crippen MR) is 81.2 cm³/mol. The molecular weight excluding hydrogens is 282 g/mol. The maximum absolute atomic E-state index is 11.6. The van der Waals surface area contributed by atoms with Crippen LogP contribution in [0.5, 0.6) is 5.88 Å². The number of ether oxygens (including phenoxy) is 1. The van der Waals surface area contributed by atoms with Crippen LogP contribution >= 0.6 is 0 Å². The van der Waals surface area contributed by atoms with Gasteiger partial charge in [-0.15, -0.1) is 0 Å². The molecule has 0 spiro atoms. The molecule has 0 fully saturated rings. The predicted octanol–water partition coefficient (Wildman–Crippen LogP) is 1.54. The molecule has 0 unspecified atom stereocenters. The molecule has 0 aliphatic rings. The van der Waals surface area contributed by atoms with Crippen molar-refractivity contribution in [1.82, 2.24) is 25.3 Å². The Morgan fingerprint density at radius 1 is 1.32 bits per heavy atom. The van der Waals surface area contributed by atoms with E-state index in [0.29, 0.717) is 23.9 Å². The summed E-state index contributed by atoms with van der Waals surface area (Å²) in [7, 11) is 0. The number of hydrogen-bond acceptors (Lipinski definition) is 6. The van der Waals surface area contributed by atoms with E-state index in [4.69, 9.17) is 4.74 Å². The first-order valence-corrected chi connectivity index (χ1v) is 7.20. The van der Waals surface area contributed by atoms with Gasteiger partial charge in [0.1, 0.15) is 5.69 Å². The summed E-state index contributed by atoms with van der Waals surface area (Å²) in [6.45, 7) is 4.49. The van der Waals surface area contributed by atoms with E-state index < -0.39 is 0 Å². The van der Waals surface area contributed by atoms with Crippen molar-refractivity contribution < 1.29 is 9.53 Å². The lowest BCUT2D eigenvalue weighted by atomic mass is 10.3. The minimum atomic E-state index is -0.161. The van der Waals surface area contributed by atoms with Crippen LogP contribution in [-0.2, 0) is 4.79 Å². The van der Waals surface area contributed by atoms with Crippen LogP contribution in [0, 0.1) is 6.92 Å². The Balaban J connectivity index is 2.00. The zero-order chi connectivity index (χ0) is 15.8. The van der Waals surface area contributed by atoms with Crippen molar-refractivity contribution in [2.75, 3.05) is 13.2 Å². The van der Waals surface area contributed by atoms with Crippen molar-refractivity contribution in [1.29, 1.82) is 0 Å². The van der Waals surface area contributed by atoms with Crippen LogP contribution < -0.4 is 10.1 Å². The monoisotopic (exact) mass is 301 g/mol. The number of amides is 1. The molecule has 0 bridgehead atoms. The van der Waals surface area contributed by atoms with Gasteiger partial charge < -0.3 is 10.1 Å². The van der Waals surface area contributed by atoms with Crippen LogP contribution in [0.25, 0.3) is 11.5 Å². The Bertz CT molecular complexity index is 619. The summed E-state index contributed by atoms with van der Waals surface area (Å²) in [5.74, 6) is 0.610. The van der Waals surface area contributed by atoms with Gasteiger partial charge in [0.25, 0.3) is 5.91 Å². The summed E-state index contributed by atoms with van der Waals surface area (Å²) in [5.41, 5.74) is 1.29. The van der Waals surface area contributed by atoms with Crippen molar-refractivity contribution in [3.63, 3.8) is 0 Å². The fraction of sp³-hybridized carbons (Fsp3) is 0.400. The number of aryl methyl sites for hydroxylation is 1. The maximum Gasteiger partial charge on any atom is 0.258 e. The number of nitrogens with one attached hydrogen (secondary N) is 1. The third-order valence-electron chi connectivity index (χ3n) is 2.83. The van der Waals surface area contributed by atoms with Crippen molar-refractivity contribution in [2.45, 2.75) is 26.7 Å². The number of rotatable bonds is 7. The fourth-order valence-electron chi connectivity index (χ4n) is 1.74. The number of aromatic nitrogens is 4. The second-order valence-electron chi connectivity index (χ2n) is 4.75. The van der Waals surface area contributed by atoms with E-state index >= 15 is 0 Å². The first kappa shape index (κ1) is 15.8. The van der Waals surface area contributed by atoms with Gasteiger partial charge in [-0.1, -0.05) is 13.3 Å². The SMILES string of the molecule is CCCCNC(=O)COc1cc(C)nc(-c2cnccn2)n1. The van der Waals surface area contributed by atoms with E-state index in [9.17, 15) is 4.79 Å². The van der Waals surface area contributed by atoms with Crippen molar-refractivity contribution in [3.8, 4) is 17.4 Å². The first-order valence-electron chi connectivity index (χ1n) is 7.20. The summed E-state index contributed by atoms with van der Waals surface area (Å²) in [5, 5.41) is 2.79. The highest BCUT2D eigenvalue weighted by Crippen LogP contribution is 2.16.